The summed E-state index contributed by atoms with van der Waals surface area (Å²) in [7, 11) is 0. The minimum Gasteiger partial charge on any atom is -0.337 e. The third-order valence-electron chi connectivity index (χ3n) is 4.22. The lowest BCUT2D eigenvalue weighted by Crippen LogP contribution is -2.18. The lowest BCUT2D eigenvalue weighted by Gasteiger charge is -2.11. The number of hydrogen-bond acceptors (Lipinski definition) is 3. The van der Waals surface area contributed by atoms with Crippen molar-refractivity contribution < 1.29 is 9.72 Å². The van der Waals surface area contributed by atoms with E-state index in [1.807, 2.05) is 30.5 Å². The molecule has 0 atom stereocenters. The van der Waals surface area contributed by atoms with Gasteiger partial charge < -0.3 is 9.88 Å². The molecule has 3 aromatic rings. The van der Waals surface area contributed by atoms with Crippen molar-refractivity contribution in [3.05, 3.63) is 67.8 Å². The Kier molecular flexibility index (Phi) is 4.89. The SMILES string of the molecule is CCn1c(C(=O)Nc2ccc([N+](=O)[O-])cc2Cl)c(C)c2cc(Cl)ccc21. The number of carbonyl (C=O) groups excluding carboxylic acids is 1. The molecule has 0 aliphatic heterocycles. The van der Waals surface area contributed by atoms with Crippen molar-refractivity contribution in [2.45, 2.75) is 20.4 Å². The quantitative estimate of drug-likeness (QED) is 0.475. The van der Waals surface area contributed by atoms with E-state index in [0.29, 0.717) is 22.9 Å². The first-order chi connectivity index (χ1) is 12.3. The number of halogens is 2. The molecule has 0 spiro atoms. The van der Waals surface area contributed by atoms with Gasteiger partial charge in [0.2, 0.25) is 0 Å². The second kappa shape index (κ2) is 6.97. The number of benzene rings is 2. The first kappa shape index (κ1) is 18.2. The second-order valence-corrected chi connectivity index (χ2v) is 6.60. The van der Waals surface area contributed by atoms with Crippen LogP contribution in [0.15, 0.2) is 36.4 Å². The molecule has 0 fully saturated rings. The standard InChI is InChI=1S/C18H15Cl2N3O3/c1-3-22-16-7-4-11(19)8-13(16)10(2)17(22)18(24)21-15-6-5-12(23(25)26)9-14(15)20/h4-9H,3H2,1-2H3,(H,21,24). The summed E-state index contributed by atoms with van der Waals surface area (Å²) in [5.41, 5.74) is 2.39. The van der Waals surface area contributed by atoms with Crippen LogP contribution in [0.25, 0.3) is 10.9 Å². The van der Waals surface area contributed by atoms with Crippen molar-refractivity contribution in [3.63, 3.8) is 0 Å². The van der Waals surface area contributed by atoms with Gasteiger partial charge in [0.05, 0.1) is 15.6 Å². The molecule has 1 heterocycles. The van der Waals surface area contributed by atoms with E-state index in [1.54, 1.807) is 6.07 Å². The number of hydrogen-bond donors (Lipinski definition) is 1. The molecule has 1 amide bonds. The summed E-state index contributed by atoms with van der Waals surface area (Å²) in [4.78, 5) is 23.2. The number of anilines is 1. The van der Waals surface area contributed by atoms with Gasteiger partial charge in [-0.25, -0.2) is 0 Å². The van der Waals surface area contributed by atoms with Crippen LogP contribution < -0.4 is 5.32 Å². The van der Waals surface area contributed by atoms with Crippen LogP contribution in [0.1, 0.15) is 23.0 Å². The molecule has 0 saturated carbocycles. The van der Waals surface area contributed by atoms with E-state index < -0.39 is 4.92 Å². The van der Waals surface area contributed by atoms with E-state index in [4.69, 9.17) is 23.2 Å². The molecule has 0 bridgehead atoms. The Morgan fingerprint density at radius 1 is 1.23 bits per heavy atom. The van der Waals surface area contributed by atoms with Gasteiger partial charge in [0.25, 0.3) is 11.6 Å². The Bertz CT molecular complexity index is 1040. The largest absolute Gasteiger partial charge is 0.337 e. The lowest BCUT2D eigenvalue weighted by atomic mass is 10.1. The molecular weight excluding hydrogens is 377 g/mol. The average molecular weight is 392 g/mol. The second-order valence-electron chi connectivity index (χ2n) is 5.75. The van der Waals surface area contributed by atoms with Crippen LogP contribution in [-0.2, 0) is 6.54 Å². The first-order valence-electron chi connectivity index (χ1n) is 7.87. The van der Waals surface area contributed by atoms with Gasteiger partial charge >= 0.3 is 0 Å². The molecule has 2 aromatic carbocycles. The van der Waals surface area contributed by atoms with Gasteiger partial charge in [-0.15, -0.1) is 0 Å². The van der Waals surface area contributed by atoms with E-state index in [2.05, 4.69) is 5.32 Å². The summed E-state index contributed by atoms with van der Waals surface area (Å²) in [6.07, 6.45) is 0. The Hall–Kier alpha value is -2.57. The van der Waals surface area contributed by atoms with Crippen molar-refractivity contribution in [1.29, 1.82) is 0 Å². The van der Waals surface area contributed by atoms with E-state index >= 15 is 0 Å². The fraction of sp³-hybridized carbons (Fsp3) is 0.167. The van der Waals surface area contributed by atoms with Crippen molar-refractivity contribution in [3.8, 4) is 0 Å². The highest BCUT2D eigenvalue weighted by atomic mass is 35.5. The molecule has 134 valence electrons. The van der Waals surface area contributed by atoms with Crippen LogP contribution in [0, 0.1) is 17.0 Å². The fourth-order valence-corrected chi connectivity index (χ4v) is 3.41. The molecule has 0 aliphatic carbocycles. The van der Waals surface area contributed by atoms with Gasteiger partial charge in [-0.1, -0.05) is 23.2 Å². The van der Waals surface area contributed by atoms with E-state index in [9.17, 15) is 14.9 Å². The summed E-state index contributed by atoms with van der Waals surface area (Å²) in [5, 5.41) is 15.1. The van der Waals surface area contributed by atoms with Crippen LogP contribution in [0.4, 0.5) is 11.4 Å². The number of nitro groups is 1. The number of rotatable bonds is 4. The number of non-ortho nitro benzene ring substituents is 1. The molecule has 0 unspecified atom stereocenters. The van der Waals surface area contributed by atoms with Gasteiger partial charge in [-0.2, -0.15) is 0 Å². The number of aryl methyl sites for hydroxylation is 2. The maximum atomic E-state index is 12.9. The van der Waals surface area contributed by atoms with Crippen LogP contribution >= 0.6 is 23.2 Å². The van der Waals surface area contributed by atoms with Crippen LogP contribution in [0.2, 0.25) is 10.0 Å². The van der Waals surface area contributed by atoms with E-state index in [-0.39, 0.29) is 16.6 Å². The Morgan fingerprint density at radius 2 is 1.96 bits per heavy atom. The average Bonchev–Trinajstić information content (AvgIpc) is 2.88. The Balaban J connectivity index is 2.03. The van der Waals surface area contributed by atoms with Gasteiger partial charge in [0.15, 0.2) is 0 Å². The monoisotopic (exact) mass is 391 g/mol. The van der Waals surface area contributed by atoms with Gasteiger partial charge in [-0.05, 0) is 43.7 Å². The molecule has 3 rings (SSSR count). The normalized spacial score (nSPS) is 10.9. The number of nitrogens with one attached hydrogen (secondary N) is 1. The van der Waals surface area contributed by atoms with Crippen LogP contribution in [0.3, 0.4) is 0 Å². The zero-order valence-corrected chi connectivity index (χ0v) is 15.6. The smallest absolute Gasteiger partial charge is 0.272 e. The maximum Gasteiger partial charge on any atom is 0.272 e. The highest BCUT2D eigenvalue weighted by Crippen LogP contribution is 2.31. The predicted molar refractivity (Wildman–Crippen MR) is 103 cm³/mol. The van der Waals surface area contributed by atoms with E-state index in [1.165, 1.54) is 18.2 Å². The summed E-state index contributed by atoms with van der Waals surface area (Å²) >= 11 is 12.2. The summed E-state index contributed by atoms with van der Waals surface area (Å²) in [6, 6.07) is 9.41. The molecule has 1 N–H and O–H groups in total. The first-order valence-corrected chi connectivity index (χ1v) is 8.62. The Morgan fingerprint density at radius 3 is 2.58 bits per heavy atom. The number of carbonyl (C=O) groups is 1. The molecule has 6 nitrogen and oxygen atoms in total. The highest BCUT2D eigenvalue weighted by molar-refractivity contribution is 6.34. The molecule has 0 aliphatic rings. The number of fused-ring (bicyclic) bond motifs is 1. The van der Waals surface area contributed by atoms with Gasteiger partial charge in [0, 0.05) is 34.6 Å². The molecule has 1 aromatic heterocycles. The van der Waals surface area contributed by atoms with Crippen molar-refractivity contribution in [1.82, 2.24) is 4.57 Å². The molecule has 0 saturated heterocycles. The molecule has 8 heteroatoms. The number of aromatic nitrogens is 1. The molecular formula is C18H15Cl2N3O3. The highest BCUT2D eigenvalue weighted by Gasteiger charge is 2.21. The van der Waals surface area contributed by atoms with Crippen LogP contribution in [-0.4, -0.2) is 15.4 Å². The fourth-order valence-electron chi connectivity index (χ4n) is 3.02. The van der Waals surface area contributed by atoms with Crippen molar-refractivity contribution in [2.75, 3.05) is 5.32 Å². The zero-order valence-electron chi connectivity index (χ0n) is 14.0. The summed E-state index contributed by atoms with van der Waals surface area (Å²) in [5.74, 6) is -0.340. The number of amides is 1. The zero-order chi connectivity index (χ0) is 19.0. The van der Waals surface area contributed by atoms with Crippen molar-refractivity contribution in [2.24, 2.45) is 0 Å². The van der Waals surface area contributed by atoms with E-state index in [0.717, 1.165) is 16.5 Å². The number of nitrogens with zero attached hydrogens (tertiary/aromatic N) is 2. The topological polar surface area (TPSA) is 77.2 Å². The summed E-state index contributed by atoms with van der Waals surface area (Å²) in [6.45, 7) is 4.41. The third kappa shape index (κ3) is 3.13. The van der Waals surface area contributed by atoms with Crippen LogP contribution in [0.5, 0.6) is 0 Å². The minimum atomic E-state index is -0.541. The maximum absolute atomic E-state index is 12.9. The minimum absolute atomic E-state index is 0.104. The third-order valence-corrected chi connectivity index (χ3v) is 4.77. The number of nitro benzene ring substituents is 1. The van der Waals surface area contributed by atoms with Gasteiger partial charge in [0.1, 0.15) is 5.69 Å². The van der Waals surface area contributed by atoms with Gasteiger partial charge in [-0.3, -0.25) is 14.9 Å². The summed E-state index contributed by atoms with van der Waals surface area (Å²) < 4.78 is 1.90. The lowest BCUT2D eigenvalue weighted by molar-refractivity contribution is -0.384. The molecule has 26 heavy (non-hydrogen) atoms. The Labute approximate surface area is 159 Å². The predicted octanol–water partition coefficient (Wildman–Crippen LogP) is 5.44. The molecule has 0 radical (unpaired) electrons. The van der Waals surface area contributed by atoms with Crippen molar-refractivity contribution >= 4 is 51.4 Å².